The molecule has 1 heterocycles. The van der Waals surface area contributed by atoms with Crippen LogP contribution in [0.25, 0.3) is 0 Å². The molecule has 0 aliphatic rings. The lowest BCUT2D eigenvalue weighted by molar-refractivity contribution is -0.683. The summed E-state index contributed by atoms with van der Waals surface area (Å²) in [6.45, 7) is 5.99. The summed E-state index contributed by atoms with van der Waals surface area (Å²) in [5, 5.41) is 2.70. The van der Waals surface area contributed by atoms with Gasteiger partial charge in [-0.3, -0.25) is 4.79 Å². The Morgan fingerprint density at radius 2 is 1.60 bits per heavy atom. The van der Waals surface area contributed by atoms with Gasteiger partial charge in [-0.25, -0.2) is 0 Å². The van der Waals surface area contributed by atoms with Crippen LogP contribution in [-0.4, -0.2) is 19.1 Å². The molecule has 2 aromatic carbocycles. The third-order valence-corrected chi connectivity index (χ3v) is 8.34. The van der Waals surface area contributed by atoms with Gasteiger partial charge in [0.25, 0.3) is 0 Å². The number of hydrogen-bond donors (Lipinski definition) is 0. The van der Waals surface area contributed by atoms with Gasteiger partial charge >= 0.3 is 0 Å². The Morgan fingerprint density at radius 1 is 0.900 bits per heavy atom. The van der Waals surface area contributed by atoms with Crippen LogP contribution in [0.2, 0.25) is 5.02 Å². The molecular weight excluding hydrogens is 536 g/mol. The number of carbonyl (C=O) groups excluding carboxylic acids is 1. The van der Waals surface area contributed by atoms with Crippen molar-refractivity contribution >= 4 is 34.5 Å². The molecule has 3 aromatic rings. The summed E-state index contributed by atoms with van der Waals surface area (Å²) in [6, 6.07) is 14.2. The van der Waals surface area contributed by atoms with E-state index in [1.165, 1.54) is 76.2 Å². The van der Waals surface area contributed by atoms with Crippen molar-refractivity contribution in [2.24, 2.45) is 0 Å². The van der Waals surface area contributed by atoms with E-state index in [0.29, 0.717) is 18.2 Å². The normalized spacial score (nSPS) is 11.1. The maximum atomic E-state index is 12.5. The molecule has 0 N–H and O–H groups in total. The van der Waals surface area contributed by atoms with Crippen molar-refractivity contribution in [1.29, 1.82) is 0 Å². The number of ether oxygens (including phenoxy) is 1. The van der Waals surface area contributed by atoms with E-state index in [1.54, 1.807) is 18.3 Å². The van der Waals surface area contributed by atoms with Gasteiger partial charge in [-0.05, 0) is 42.7 Å². The molecule has 1 amide bonds. The summed E-state index contributed by atoms with van der Waals surface area (Å²) < 4.78 is 8.12. The zero-order valence-corrected chi connectivity index (χ0v) is 26.2. The zero-order valence-electron chi connectivity index (χ0n) is 24.6. The van der Waals surface area contributed by atoms with Crippen molar-refractivity contribution in [1.82, 2.24) is 0 Å². The first kappa shape index (κ1) is 32.1. The van der Waals surface area contributed by atoms with Gasteiger partial charge in [-0.2, -0.15) is 4.57 Å². The Kier molecular flexibility index (Phi) is 15.2. The highest BCUT2D eigenvalue weighted by molar-refractivity contribution is 7.07. The van der Waals surface area contributed by atoms with Gasteiger partial charge in [-0.1, -0.05) is 119 Å². The first-order valence-corrected chi connectivity index (χ1v) is 16.6. The number of nitrogens with zero attached hydrogens (tertiary/aromatic N) is 2. The van der Waals surface area contributed by atoms with Gasteiger partial charge in [0.1, 0.15) is 5.75 Å². The number of carbonyl (C=O) groups is 1. The largest absolute Gasteiger partial charge is 0.492 e. The number of rotatable bonds is 20. The van der Waals surface area contributed by atoms with E-state index in [0.717, 1.165) is 36.4 Å². The van der Waals surface area contributed by atoms with Crippen molar-refractivity contribution in [3.8, 4) is 5.75 Å². The van der Waals surface area contributed by atoms with Crippen LogP contribution in [0.3, 0.4) is 0 Å². The fraction of sp³-hybridized carbons (Fsp3) is 0.529. The monoisotopic (exact) mass is 583 g/mol. The second-order valence-electron chi connectivity index (χ2n) is 10.8. The van der Waals surface area contributed by atoms with Gasteiger partial charge in [0.15, 0.2) is 12.7 Å². The Labute approximate surface area is 251 Å². The summed E-state index contributed by atoms with van der Waals surface area (Å²) in [5.41, 5.74) is 5.28. The second kappa shape index (κ2) is 18.9. The molecule has 3 rings (SSSR count). The number of aromatic nitrogens is 1. The molecule has 0 saturated heterocycles. The van der Waals surface area contributed by atoms with Gasteiger partial charge in [0, 0.05) is 24.7 Å². The SMILES string of the molecule is CCCCCCCCCCCCCCOc1ccc(CCN(C(C)=O)c2cccc(C[n+]3ccsc3)c2)cc1Cl. The molecule has 0 spiro atoms. The lowest BCUT2D eigenvalue weighted by atomic mass is 10.1. The Hall–Kier alpha value is -2.37. The molecule has 40 heavy (non-hydrogen) atoms. The van der Waals surface area contributed by atoms with Gasteiger partial charge in [0.2, 0.25) is 11.4 Å². The minimum absolute atomic E-state index is 0.0359. The minimum Gasteiger partial charge on any atom is -0.492 e. The van der Waals surface area contributed by atoms with Crippen LogP contribution in [0.4, 0.5) is 5.69 Å². The molecule has 0 bridgehead atoms. The summed E-state index contributed by atoms with van der Waals surface area (Å²) >= 11 is 8.23. The Balaban J connectivity index is 1.35. The zero-order chi connectivity index (χ0) is 28.4. The third-order valence-electron chi connectivity index (χ3n) is 7.37. The lowest BCUT2D eigenvalue weighted by Gasteiger charge is -2.22. The number of amides is 1. The topological polar surface area (TPSA) is 33.4 Å². The van der Waals surface area contributed by atoms with E-state index in [4.69, 9.17) is 16.3 Å². The van der Waals surface area contributed by atoms with Crippen LogP contribution in [0.1, 0.15) is 102 Å². The van der Waals surface area contributed by atoms with E-state index in [-0.39, 0.29) is 5.91 Å². The van der Waals surface area contributed by atoms with E-state index >= 15 is 0 Å². The maximum Gasteiger partial charge on any atom is 0.224 e. The highest BCUT2D eigenvalue weighted by Crippen LogP contribution is 2.27. The molecule has 6 heteroatoms. The molecular formula is C34H48ClN2O2S+. The smallest absolute Gasteiger partial charge is 0.224 e. The van der Waals surface area contributed by atoms with Gasteiger partial charge < -0.3 is 9.64 Å². The van der Waals surface area contributed by atoms with Crippen LogP contribution < -0.4 is 14.2 Å². The van der Waals surface area contributed by atoms with Gasteiger partial charge in [-0.15, -0.1) is 0 Å². The van der Waals surface area contributed by atoms with Gasteiger partial charge in [0.05, 0.1) is 17.0 Å². The number of thiazole rings is 1. The highest BCUT2D eigenvalue weighted by Gasteiger charge is 2.14. The van der Waals surface area contributed by atoms with E-state index in [1.807, 2.05) is 29.2 Å². The molecule has 0 aliphatic carbocycles. The van der Waals surface area contributed by atoms with Crippen LogP contribution in [0.15, 0.2) is 59.6 Å². The fourth-order valence-corrected chi connectivity index (χ4v) is 5.89. The van der Waals surface area contributed by atoms with E-state index in [9.17, 15) is 4.79 Å². The van der Waals surface area contributed by atoms with Crippen LogP contribution in [-0.2, 0) is 17.8 Å². The molecule has 0 fully saturated rings. The Morgan fingerprint density at radius 3 is 2.23 bits per heavy atom. The van der Waals surface area contributed by atoms with E-state index < -0.39 is 0 Å². The third kappa shape index (κ3) is 12.0. The average molecular weight is 584 g/mol. The fourth-order valence-electron chi connectivity index (χ4n) is 5.04. The highest BCUT2D eigenvalue weighted by atomic mass is 35.5. The molecule has 0 unspecified atom stereocenters. The summed E-state index contributed by atoms with van der Waals surface area (Å²) in [4.78, 5) is 14.3. The summed E-state index contributed by atoms with van der Waals surface area (Å²) in [5.74, 6) is 0.782. The van der Waals surface area contributed by atoms with Crippen molar-refractivity contribution in [2.45, 2.75) is 104 Å². The van der Waals surface area contributed by atoms with Crippen LogP contribution in [0, 0.1) is 0 Å². The van der Waals surface area contributed by atoms with Crippen LogP contribution in [0.5, 0.6) is 5.75 Å². The van der Waals surface area contributed by atoms with Crippen LogP contribution >= 0.6 is 22.9 Å². The van der Waals surface area contributed by atoms with Crippen molar-refractivity contribution in [3.05, 3.63) is 75.7 Å². The van der Waals surface area contributed by atoms with E-state index in [2.05, 4.69) is 46.8 Å². The number of halogens is 1. The molecule has 0 aliphatic heterocycles. The Bertz CT molecular complexity index is 1120. The lowest BCUT2D eigenvalue weighted by Crippen LogP contribution is -2.32. The summed E-state index contributed by atoms with van der Waals surface area (Å²) in [7, 11) is 0. The standard InChI is InChI=1S/C34H48ClN2O2S/c1-3-4-5-6-7-8-9-10-11-12-13-14-23-39-34-19-18-30(26-33(34)35)20-21-37(29(2)38)32-17-15-16-31(25-32)27-36-22-24-40-28-36/h15-19,22,24-26,28H,3-14,20-21,23,27H2,1-2H3/q+1. The molecule has 4 nitrogen and oxygen atoms in total. The van der Waals surface area contributed by atoms with Crippen molar-refractivity contribution in [3.63, 3.8) is 0 Å². The predicted octanol–water partition coefficient (Wildman–Crippen LogP) is 9.41. The first-order valence-electron chi connectivity index (χ1n) is 15.3. The minimum atomic E-state index is 0.0359. The first-order chi connectivity index (χ1) is 19.6. The molecule has 218 valence electrons. The predicted molar refractivity (Wildman–Crippen MR) is 170 cm³/mol. The number of anilines is 1. The molecule has 0 saturated carbocycles. The molecule has 0 atom stereocenters. The number of unbranched alkanes of at least 4 members (excludes halogenated alkanes) is 11. The van der Waals surface area contributed by atoms with Crippen molar-refractivity contribution < 1.29 is 14.1 Å². The molecule has 1 aromatic heterocycles. The maximum absolute atomic E-state index is 12.5. The number of benzene rings is 2. The number of hydrogen-bond acceptors (Lipinski definition) is 3. The summed E-state index contributed by atoms with van der Waals surface area (Å²) in [6.07, 6.45) is 18.8. The quantitative estimate of drug-likeness (QED) is 0.0980. The van der Waals surface area contributed by atoms with Crippen molar-refractivity contribution in [2.75, 3.05) is 18.1 Å². The second-order valence-corrected chi connectivity index (χ2v) is 12.0. The molecule has 0 radical (unpaired) electrons. The average Bonchev–Trinajstić information content (AvgIpc) is 3.45.